The molecule has 0 amide bonds. The molecule has 1 nitrogen and oxygen atoms in total. The summed E-state index contributed by atoms with van der Waals surface area (Å²) in [7, 11) is 0. The minimum Gasteiger partial charge on any atom is -0.327 e. The van der Waals surface area contributed by atoms with E-state index in [1.54, 1.807) is 0 Å². The topological polar surface area (TPSA) is 26.0 Å². The van der Waals surface area contributed by atoms with E-state index in [1.165, 1.54) is 5.57 Å². The van der Waals surface area contributed by atoms with Gasteiger partial charge in [0.1, 0.15) is 0 Å². The van der Waals surface area contributed by atoms with Crippen LogP contribution in [0.2, 0.25) is 0 Å². The van der Waals surface area contributed by atoms with E-state index >= 15 is 0 Å². The molecule has 1 atom stereocenters. The Morgan fingerprint density at radius 2 is 1.71 bits per heavy atom. The fourth-order valence-corrected chi connectivity index (χ4v) is 2.90. The summed E-state index contributed by atoms with van der Waals surface area (Å²) in [5, 5.41) is 0. The maximum absolute atomic E-state index is 6.24. The van der Waals surface area contributed by atoms with Crippen molar-refractivity contribution >= 4 is 0 Å². The van der Waals surface area contributed by atoms with Crippen LogP contribution < -0.4 is 5.73 Å². The predicted octanol–water partition coefficient (Wildman–Crippen LogP) is 3.35. The van der Waals surface area contributed by atoms with Gasteiger partial charge in [0.05, 0.1) is 0 Å². The van der Waals surface area contributed by atoms with Gasteiger partial charge < -0.3 is 5.73 Å². The Labute approximate surface area is 88.8 Å². The predicted molar refractivity (Wildman–Crippen MR) is 63.1 cm³/mol. The molecular weight excluding hydrogens is 170 g/mol. The maximum Gasteiger partial charge on any atom is 0.00808 e. The van der Waals surface area contributed by atoms with E-state index in [2.05, 4.69) is 41.2 Å². The maximum atomic E-state index is 6.24. The Balaban J connectivity index is 2.49. The van der Waals surface area contributed by atoms with Crippen molar-refractivity contribution in [1.82, 2.24) is 0 Å². The van der Waals surface area contributed by atoms with Gasteiger partial charge in [0.15, 0.2) is 0 Å². The van der Waals surface area contributed by atoms with Gasteiger partial charge in [-0.2, -0.15) is 0 Å². The van der Waals surface area contributed by atoms with E-state index in [-0.39, 0.29) is 0 Å². The second kappa shape index (κ2) is 3.37. The molecule has 14 heavy (non-hydrogen) atoms. The Morgan fingerprint density at radius 1 is 1.29 bits per heavy atom. The van der Waals surface area contributed by atoms with Gasteiger partial charge in [0, 0.05) is 6.04 Å². The van der Waals surface area contributed by atoms with Crippen LogP contribution in [0.1, 0.15) is 47.5 Å². The smallest absolute Gasteiger partial charge is 0.00808 e. The first-order valence-corrected chi connectivity index (χ1v) is 5.61. The Bertz CT molecular complexity index is 224. The summed E-state index contributed by atoms with van der Waals surface area (Å²) in [6.07, 6.45) is 2.16. The van der Waals surface area contributed by atoms with Crippen molar-refractivity contribution in [2.24, 2.45) is 22.5 Å². The Morgan fingerprint density at radius 3 is 2.00 bits per heavy atom. The standard InChI is InChI=1S/C13H25N/c1-9(2)7-8-10(14)11-12(3,4)13(11,5)6/h10-11H,1,7-8,14H2,2-6H3. The van der Waals surface area contributed by atoms with Gasteiger partial charge in [-0.3, -0.25) is 0 Å². The van der Waals surface area contributed by atoms with E-state index in [0.29, 0.717) is 22.8 Å². The first-order chi connectivity index (χ1) is 6.21. The number of rotatable bonds is 4. The first-order valence-electron chi connectivity index (χ1n) is 5.61. The van der Waals surface area contributed by atoms with Crippen LogP contribution in [0.15, 0.2) is 12.2 Å². The third-order valence-corrected chi connectivity index (χ3v) is 4.46. The third-order valence-electron chi connectivity index (χ3n) is 4.46. The minimum atomic E-state index is 0.344. The van der Waals surface area contributed by atoms with Crippen LogP contribution in [-0.2, 0) is 0 Å². The van der Waals surface area contributed by atoms with Crippen LogP contribution in [0.3, 0.4) is 0 Å². The summed E-state index contributed by atoms with van der Waals surface area (Å²) < 4.78 is 0. The molecule has 0 heterocycles. The number of hydrogen-bond donors (Lipinski definition) is 1. The van der Waals surface area contributed by atoms with Crippen molar-refractivity contribution in [3.8, 4) is 0 Å². The summed E-state index contributed by atoms with van der Waals surface area (Å²) in [5.41, 5.74) is 8.32. The van der Waals surface area contributed by atoms with Gasteiger partial charge in [0.25, 0.3) is 0 Å². The van der Waals surface area contributed by atoms with E-state index in [0.717, 1.165) is 12.8 Å². The van der Waals surface area contributed by atoms with Crippen molar-refractivity contribution in [2.75, 3.05) is 0 Å². The molecule has 1 aliphatic rings. The van der Waals surface area contributed by atoms with Crippen molar-refractivity contribution < 1.29 is 0 Å². The summed E-state index contributed by atoms with van der Waals surface area (Å²) in [4.78, 5) is 0. The van der Waals surface area contributed by atoms with Crippen molar-refractivity contribution in [2.45, 2.75) is 53.5 Å². The largest absolute Gasteiger partial charge is 0.327 e. The van der Waals surface area contributed by atoms with E-state index in [4.69, 9.17) is 5.73 Å². The summed E-state index contributed by atoms with van der Waals surface area (Å²) in [5.74, 6) is 0.675. The molecule has 0 saturated heterocycles. The summed E-state index contributed by atoms with van der Waals surface area (Å²) in [6.45, 7) is 15.3. The molecule has 1 heteroatoms. The monoisotopic (exact) mass is 195 g/mol. The van der Waals surface area contributed by atoms with Crippen molar-refractivity contribution in [3.05, 3.63) is 12.2 Å². The third kappa shape index (κ3) is 1.75. The number of hydrogen-bond acceptors (Lipinski definition) is 1. The highest BCUT2D eigenvalue weighted by atomic mass is 14.8. The molecule has 1 saturated carbocycles. The first kappa shape index (κ1) is 11.8. The van der Waals surface area contributed by atoms with Gasteiger partial charge in [-0.25, -0.2) is 0 Å². The van der Waals surface area contributed by atoms with Crippen LogP contribution >= 0.6 is 0 Å². The molecule has 0 radical (unpaired) electrons. The molecule has 1 fully saturated rings. The number of nitrogens with two attached hydrogens (primary N) is 1. The van der Waals surface area contributed by atoms with Gasteiger partial charge in [0.2, 0.25) is 0 Å². The van der Waals surface area contributed by atoms with E-state index in [9.17, 15) is 0 Å². The molecule has 1 aliphatic carbocycles. The molecule has 0 spiro atoms. The molecule has 0 aromatic carbocycles. The zero-order chi connectivity index (χ0) is 11.1. The highest BCUT2D eigenvalue weighted by molar-refractivity contribution is 5.15. The van der Waals surface area contributed by atoms with Crippen molar-refractivity contribution in [1.29, 1.82) is 0 Å². The molecule has 1 rings (SSSR count). The zero-order valence-electron chi connectivity index (χ0n) is 10.4. The van der Waals surface area contributed by atoms with E-state index in [1.807, 2.05) is 0 Å². The lowest BCUT2D eigenvalue weighted by Gasteiger charge is -2.13. The quantitative estimate of drug-likeness (QED) is 0.684. The highest BCUT2D eigenvalue weighted by Gasteiger charge is 2.66. The van der Waals surface area contributed by atoms with E-state index < -0.39 is 0 Å². The van der Waals surface area contributed by atoms with Crippen LogP contribution in [0, 0.1) is 16.7 Å². The van der Waals surface area contributed by atoms with Crippen molar-refractivity contribution in [3.63, 3.8) is 0 Å². The molecular formula is C13H25N. The lowest BCUT2D eigenvalue weighted by atomic mass is 9.99. The Hall–Kier alpha value is -0.300. The average molecular weight is 195 g/mol. The molecule has 0 bridgehead atoms. The zero-order valence-corrected chi connectivity index (χ0v) is 10.4. The molecule has 0 aromatic heterocycles. The van der Waals surface area contributed by atoms with Gasteiger partial charge in [-0.1, -0.05) is 33.3 Å². The van der Waals surface area contributed by atoms with Crippen LogP contribution in [0.25, 0.3) is 0 Å². The fourth-order valence-electron chi connectivity index (χ4n) is 2.90. The second-order valence-corrected chi connectivity index (χ2v) is 6.08. The molecule has 2 N–H and O–H groups in total. The SMILES string of the molecule is C=C(C)CCC(N)C1C(C)(C)C1(C)C. The minimum absolute atomic E-state index is 0.344. The second-order valence-electron chi connectivity index (χ2n) is 6.08. The van der Waals surface area contributed by atoms with Crippen LogP contribution in [0.4, 0.5) is 0 Å². The molecule has 0 aliphatic heterocycles. The lowest BCUT2D eigenvalue weighted by molar-refractivity contribution is 0.457. The van der Waals surface area contributed by atoms with Gasteiger partial charge >= 0.3 is 0 Å². The Kier molecular flexibility index (Phi) is 2.84. The fraction of sp³-hybridized carbons (Fsp3) is 0.846. The average Bonchev–Trinajstić information content (AvgIpc) is 2.39. The lowest BCUT2D eigenvalue weighted by Crippen LogP contribution is -2.25. The molecule has 0 aromatic rings. The van der Waals surface area contributed by atoms with Crippen LogP contribution in [0.5, 0.6) is 0 Å². The number of allylic oxidation sites excluding steroid dienone is 1. The molecule has 1 unspecified atom stereocenters. The van der Waals surface area contributed by atoms with Crippen LogP contribution in [-0.4, -0.2) is 6.04 Å². The normalized spacial score (nSPS) is 25.9. The molecule has 82 valence electrons. The van der Waals surface area contributed by atoms with Gasteiger partial charge in [-0.15, -0.1) is 6.58 Å². The summed E-state index contributed by atoms with van der Waals surface area (Å²) >= 11 is 0. The van der Waals surface area contributed by atoms with Gasteiger partial charge in [-0.05, 0) is 36.5 Å². The highest BCUT2D eigenvalue weighted by Crippen LogP contribution is 2.69. The summed E-state index contributed by atoms with van der Waals surface area (Å²) in [6, 6.07) is 0.344.